The number of aromatic nitrogens is 2. The Bertz CT molecular complexity index is 452. The topological polar surface area (TPSA) is 77.0 Å². The molecule has 2 aromatic rings. The number of hydrogen-bond donors (Lipinski definition) is 2. The molecule has 0 radical (unpaired) electrons. The summed E-state index contributed by atoms with van der Waals surface area (Å²) in [6.45, 7) is 3.40. The van der Waals surface area contributed by atoms with Crippen molar-refractivity contribution in [3.8, 4) is 0 Å². The van der Waals surface area contributed by atoms with Crippen LogP contribution in [0.5, 0.6) is 0 Å². The number of hydrogen-bond acceptors (Lipinski definition) is 5. The zero-order valence-corrected chi connectivity index (χ0v) is 8.66. The highest BCUT2D eigenvalue weighted by Crippen LogP contribution is 2.19. The third-order valence-electron chi connectivity index (χ3n) is 2.22. The van der Waals surface area contributed by atoms with E-state index in [1.165, 1.54) is 0 Å². The second-order valence-electron chi connectivity index (χ2n) is 3.40. The van der Waals surface area contributed by atoms with Crippen molar-refractivity contribution in [2.75, 3.05) is 18.4 Å². The fourth-order valence-corrected chi connectivity index (χ4v) is 1.37. The van der Waals surface area contributed by atoms with E-state index < -0.39 is 0 Å². The van der Waals surface area contributed by atoms with Crippen molar-refractivity contribution < 1.29 is 4.52 Å². The molecule has 15 heavy (non-hydrogen) atoms. The summed E-state index contributed by atoms with van der Waals surface area (Å²) in [7, 11) is 0. The van der Waals surface area contributed by atoms with Crippen LogP contribution >= 0.6 is 0 Å². The summed E-state index contributed by atoms with van der Waals surface area (Å²) in [5, 5.41) is 8.00. The first-order valence-electron chi connectivity index (χ1n) is 4.97. The molecule has 80 valence electrons. The van der Waals surface area contributed by atoms with Gasteiger partial charge in [-0.05, 0) is 19.9 Å². The first kappa shape index (κ1) is 9.92. The molecule has 0 aliphatic heterocycles. The molecule has 0 saturated heterocycles. The second-order valence-corrected chi connectivity index (χ2v) is 3.40. The number of nitrogens with one attached hydrogen (secondary N) is 1. The largest absolute Gasteiger partial charge is 0.370 e. The third-order valence-corrected chi connectivity index (χ3v) is 2.22. The zero-order chi connectivity index (χ0) is 10.7. The van der Waals surface area contributed by atoms with Gasteiger partial charge in [-0.25, -0.2) is 4.98 Å². The van der Waals surface area contributed by atoms with Gasteiger partial charge >= 0.3 is 0 Å². The van der Waals surface area contributed by atoms with E-state index in [4.69, 9.17) is 10.3 Å². The highest BCUT2D eigenvalue weighted by Gasteiger charge is 2.05. The number of nitrogens with zero attached hydrogens (tertiary/aromatic N) is 2. The highest BCUT2D eigenvalue weighted by molar-refractivity contribution is 5.80. The average molecular weight is 206 g/mol. The van der Waals surface area contributed by atoms with Crippen LogP contribution in [-0.2, 0) is 0 Å². The third kappa shape index (κ3) is 2.07. The fourth-order valence-electron chi connectivity index (χ4n) is 1.37. The number of aryl methyl sites for hydroxylation is 1. The van der Waals surface area contributed by atoms with E-state index in [9.17, 15) is 0 Å². The van der Waals surface area contributed by atoms with Gasteiger partial charge in [-0.2, -0.15) is 0 Å². The van der Waals surface area contributed by atoms with E-state index in [1.807, 2.05) is 13.0 Å². The molecule has 0 saturated carbocycles. The van der Waals surface area contributed by atoms with Gasteiger partial charge in [0.15, 0.2) is 5.58 Å². The standard InChI is InChI=1S/C10H14N4O/c1-7-8-6-13-10(12-4-2-3-11)5-9(8)15-14-7/h5-6H,2-4,11H2,1H3,(H,12,13). The van der Waals surface area contributed by atoms with Crippen LogP contribution in [0.3, 0.4) is 0 Å². The van der Waals surface area contributed by atoms with Crippen LogP contribution in [0.25, 0.3) is 11.0 Å². The van der Waals surface area contributed by atoms with E-state index in [-0.39, 0.29) is 0 Å². The summed E-state index contributed by atoms with van der Waals surface area (Å²) in [6, 6.07) is 1.85. The number of anilines is 1. The van der Waals surface area contributed by atoms with Crippen molar-refractivity contribution in [3.63, 3.8) is 0 Å². The highest BCUT2D eigenvalue weighted by atomic mass is 16.5. The van der Waals surface area contributed by atoms with Gasteiger partial charge in [0.25, 0.3) is 0 Å². The SMILES string of the molecule is Cc1noc2cc(NCCCN)ncc12. The Balaban J connectivity index is 2.16. The molecule has 0 aromatic carbocycles. The van der Waals surface area contributed by atoms with E-state index in [2.05, 4.69) is 15.5 Å². The lowest BCUT2D eigenvalue weighted by Gasteiger charge is -2.02. The first-order valence-corrected chi connectivity index (χ1v) is 4.97. The van der Waals surface area contributed by atoms with E-state index >= 15 is 0 Å². The number of rotatable bonds is 4. The Kier molecular flexibility index (Phi) is 2.82. The zero-order valence-electron chi connectivity index (χ0n) is 8.66. The van der Waals surface area contributed by atoms with Gasteiger partial charge in [0.2, 0.25) is 0 Å². The van der Waals surface area contributed by atoms with Gasteiger partial charge in [-0.3, -0.25) is 0 Å². The Morgan fingerprint density at radius 1 is 1.53 bits per heavy atom. The Morgan fingerprint density at radius 3 is 3.20 bits per heavy atom. The lowest BCUT2D eigenvalue weighted by molar-refractivity contribution is 0.450. The molecule has 3 N–H and O–H groups in total. The molecule has 0 aliphatic rings. The van der Waals surface area contributed by atoms with Crippen LogP contribution < -0.4 is 11.1 Å². The molecule has 0 unspecified atom stereocenters. The number of fused-ring (bicyclic) bond motifs is 1. The van der Waals surface area contributed by atoms with E-state index in [0.717, 1.165) is 35.4 Å². The minimum atomic E-state index is 0.677. The van der Waals surface area contributed by atoms with Gasteiger partial charge in [-0.15, -0.1) is 0 Å². The molecular weight excluding hydrogens is 192 g/mol. The molecule has 0 aliphatic carbocycles. The fraction of sp³-hybridized carbons (Fsp3) is 0.400. The van der Waals surface area contributed by atoms with Crippen molar-refractivity contribution in [1.29, 1.82) is 0 Å². The van der Waals surface area contributed by atoms with Crippen molar-refractivity contribution >= 4 is 16.8 Å². The molecule has 5 heteroatoms. The molecule has 0 spiro atoms. The quantitative estimate of drug-likeness (QED) is 0.737. The van der Waals surface area contributed by atoms with Gasteiger partial charge in [0.05, 0.1) is 11.1 Å². The summed E-state index contributed by atoms with van der Waals surface area (Å²) in [4.78, 5) is 4.26. The van der Waals surface area contributed by atoms with Crippen molar-refractivity contribution in [3.05, 3.63) is 18.0 Å². The summed E-state index contributed by atoms with van der Waals surface area (Å²) in [6.07, 6.45) is 2.70. The Morgan fingerprint density at radius 2 is 2.40 bits per heavy atom. The molecule has 0 bridgehead atoms. The summed E-state index contributed by atoms with van der Waals surface area (Å²) in [5.74, 6) is 0.798. The second kappa shape index (κ2) is 4.27. The molecule has 2 heterocycles. The van der Waals surface area contributed by atoms with Crippen LogP contribution in [0.15, 0.2) is 16.8 Å². The van der Waals surface area contributed by atoms with Crippen molar-refractivity contribution in [2.24, 2.45) is 5.73 Å². The normalized spacial score (nSPS) is 10.8. The maximum Gasteiger partial charge on any atom is 0.172 e. The average Bonchev–Trinajstić information content (AvgIpc) is 2.61. The predicted octanol–water partition coefficient (Wildman–Crippen LogP) is 1.29. The number of nitrogens with two attached hydrogens (primary N) is 1. The van der Waals surface area contributed by atoms with Crippen LogP contribution in [0.4, 0.5) is 5.82 Å². The Hall–Kier alpha value is -1.62. The van der Waals surface area contributed by atoms with Gasteiger partial charge < -0.3 is 15.6 Å². The molecule has 2 aromatic heterocycles. The van der Waals surface area contributed by atoms with Gasteiger partial charge in [0.1, 0.15) is 5.82 Å². The molecule has 0 amide bonds. The molecular formula is C10H14N4O. The van der Waals surface area contributed by atoms with Crippen molar-refractivity contribution in [1.82, 2.24) is 10.1 Å². The monoisotopic (exact) mass is 206 g/mol. The van der Waals surface area contributed by atoms with Crippen molar-refractivity contribution in [2.45, 2.75) is 13.3 Å². The predicted molar refractivity (Wildman–Crippen MR) is 58.7 cm³/mol. The maximum atomic E-state index is 5.40. The molecule has 0 atom stereocenters. The van der Waals surface area contributed by atoms with E-state index in [0.29, 0.717) is 6.54 Å². The van der Waals surface area contributed by atoms with Gasteiger partial charge in [0, 0.05) is 18.8 Å². The first-order chi connectivity index (χ1) is 7.31. The van der Waals surface area contributed by atoms with Gasteiger partial charge in [-0.1, -0.05) is 5.16 Å². The minimum Gasteiger partial charge on any atom is -0.370 e. The summed E-state index contributed by atoms with van der Waals surface area (Å²) >= 11 is 0. The van der Waals surface area contributed by atoms with Crippen LogP contribution in [0.2, 0.25) is 0 Å². The van der Waals surface area contributed by atoms with Crippen LogP contribution in [0, 0.1) is 6.92 Å². The number of pyridine rings is 1. The lowest BCUT2D eigenvalue weighted by Crippen LogP contribution is -2.09. The van der Waals surface area contributed by atoms with Crippen LogP contribution in [-0.4, -0.2) is 23.2 Å². The van der Waals surface area contributed by atoms with Crippen LogP contribution in [0.1, 0.15) is 12.1 Å². The molecule has 5 nitrogen and oxygen atoms in total. The lowest BCUT2D eigenvalue weighted by atomic mass is 10.3. The Labute approximate surface area is 87.6 Å². The molecule has 2 rings (SSSR count). The molecule has 0 fully saturated rings. The summed E-state index contributed by atoms with van der Waals surface area (Å²) in [5.41, 5.74) is 7.03. The summed E-state index contributed by atoms with van der Waals surface area (Å²) < 4.78 is 5.14. The minimum absolute atomic E-state index is 0.677. The smallest absolute Gasteiger partial charge is 0.172 e. The maximum absolute atomic E-state index is 5.40. The van der Waals surface area contributed by atoms with E-state index in [1.54, 1.807) is 6.20 Å².